The monoisotopic (exact) mass is 254 g/mol. The van der Waals surface area contributed by atoms with Crippen molar-refractivity contribution in [2.24, 2.45) is 0 Å². The van der Waals surface area contributed by atoms with E-state index in [4.69, 9.17) is 0 Å². The summed E-state index contributed by atoms with van der Waals surface area (Å²) >= 11 is 0. The van der Waals surface area contributed by atoms with Gasteiger partial charge in [0.1, 0.15) is 0 Å². The number of nitrogens with one attached hydrogen (secondary N) is 1. The highest BCUT2D eigenvalue weighted by molar-refractivity contribution is 5.83. The number of hydrogen-bond acceptors (Lipinski definition) is 2. The van der Waals surface area contributed by atoms with Gasteiger partial charge in [0, 0.05) is 19.5 Å². The van der Waals surface area contributed by atoms with Crippen LogP contribution in [-0.2, 0) is 9.59 Å². The van der Waals surface area contributed by atoms with Crippen molar-refractivity contribution in [3.05, 3.63) is 0 Å². The standard InChI is InChI=1S/C14H26N2O2/c1-3-4-7-10-16(12(2)17)11-14(18)15-13-8-5-6-9-13/h13H,3-11H2,1-2H3,(H,15,18). The summed E-state index contributed by atoms with van der Waals surface area (Å²) in [6.45, 7) is 4.58. The first-order chi connectivity index (χ1) is 8.63. The highest BCUT2D eigenvalue weighted by Gasteiger charge is 2.19. The van der Waals surface area contributed by atoms with Gasteiger partial charge in [-0.2, -0.15) is 0 Å². The molecule has 0 radical (unpaired) electrons. The number of unbranched alkanes of at least 4 members (excludes halogenated alkanes) is 2. The molecule has 1 N–H and O–H groups in total. The van der Waals surface area contributed by atoms with Crippen molar-refractivity contribution in [2.75, 3.05) is 13.1 Å². The fourth-order valence-corrected chi connectivity index (χ4v) is 2.42. The molecule has 0 saturated heterocycles. The highest BCUT2D eigenvalue weighted by Crippen LogP contribution is 2.17. The molecule has 4 heteroatoms. The fourth-order valence-electron chi connectivity index (χ4n) is 2.42. The van der Waals surface area contributed by atoms with Gasteiger partial charge in [0.05, 0.1) is 6.54 Å². The van der Waals surface area contributed by atoms with Crippen LogP contribution in [0.25, 0.3) is 0 Å². The van der Waals surface area contributed by atoms with E-state index in [-0.39, 0.29) is 18.4 Å². The van der Waals surface area contributed by atoms with Crippen molar-refractivity contribution in [3.63, 3.8) is 0 Å². The van der Waals surface area contributed by atoms with Gasteiger partial charge in [-0.15, -0.1) is 0 Å². The molecule has 0 heterocycles. The minimum absolute atomic E-state index is 0.00593. The average Bonchev–Trinajstić information content (AvgIpc) is 2.80. The predicted octanol–water partition coefficient (Wildman–Crippen LogP) is 2.08. The number of carbonyl (C=O) groups excluding carboxylic acids is 2. The number of amides is 2. The van der Waals surface area contributed by atoms with Gasteiger partial charge in [0.25, 0.3) is 0 Å². The third-order valence-electron chi connectivity index (χ3n) is 3.53. The van der Waals surface area contributed by atoms with Gasteiger partial charge in [-0.05, 0) is 19.3 Å². The molecule has 1 rings (SSSR count). The molecule has 0 aromatic carbocycles. The quantitative estimate of drug-likeness (QED) is 0.707. The fraction of sp³-hybridized carbons (Fsp3) is 0.857. The van der Waals surface area contributed by atoms with E-state index in [1.807, 2.05) is 0 Å². The lowest BCUT2D eigenvalue weighted by molar-refractivity contribution is -0.134. The zero-order valence-electron chi connectivity index (χ0n) is 11.7. The van der Waals surface area contributed by atoms with Gasteiger partial charge in [0.2, 0.25) is 11.8 Å². The summed E-state index contributed by atoms with van der Waals surface area (Å²) in [6.07, 6.45) is 7.79. The molecule has 1 aliphatic rings. The minimum Gasteiger partial charge on any atom is -0.352 e. The first-order valence-corrected chi connectivity index (χ1v) is 7.18. The summed E-state index contributed by atoms with van der Waals surface area (Å²) in [5, 5.41) is 3.02. The summed E-state index contributed by atoms with van der Waals surface area (Å²) in [7, 11) is 0. The first kappa shape index (κ1) is 15.0. The molecular formula is C14H26N2O2. The molecule has 18 heavy (non-hydrogen) atoms. The van der Waals surface area contributed by atoms with Gasteiger partial charge >= 0.3 is 0 Å². The lowest BCUT2D eigenvalue weighted by Gasteiger charge is -2.21. The van der Waals surface area contributed by atoms with Crippen molar-refractivity contribution in [3.8, 4) is 0 Å². The van der Waals surface area contributed by atoms with Crippen LogP contribution in [0.5, 0.6) is 0 Å². The molecule has 0 aliphatic heterocycles. The van der Waals surface area contributed by atoms with E-state index in [2.05, 4.69) is 12.2 Å². The second-order valence-electron chi connectivity index (χ2n) is 5.20. The maximum atomic E-state index is 11.8. The topological polar surface area (TPSA) is 49.4 Å². The molecule has 0 spiro atoms. The Morgan fingerprint density at radius 1 is 1.22 bits per heavy atom. The Balaban J connectivity index is 2.29. The second kappa shape index (κ2) is 8.11. The van der Waals surface area contributed by atoms with E-state index < -0.39 is 0 Å². The minimum atomic E-state index is -0.00678. The second-order valence-corrected chi connectivity index (χ2v) is 5.20. The van der Waals surface area contributed by atoms with Crippen LogP contribution in [0.15, 0.2) is 0 Å². The van der Waals surface area contributed by atoms with E-state index in [0.717, 1.165) is 32.1 Å². The van der Waals surface area contributed by atoms with Crippen molar-refractivity contribution < 1.29 is 9.59 Å². The van der Waals surface area contributed by atoms with E-state index >= 15 is 0 Å². The lowest BCUT2D eigenvalue weighted by atomic mass is 10.2. The summed E-state index contributed by atoms with van der Waals surface area (Å²) in [4.78, 5) is 25.0. The SMILES string of the molecule is CCCCCN(CC(=O)NC1CCCC1)C(C)=O. The third kappa shape index (κ3) is 5.52. The Kier molecular flexibility index (Phi) is 6.76. The van der Waals surface area contributed by atoms with Crippen LogP contribution < -0.4 is 5.32 Å². The van der Waals surface area contributed by atoms with Crippen LogP contribution in [0.4, 0.5) is 0 Å². The van der Waals surface area contributed by atoms with Gasteiger partial charge in [-0.25, -0.2) is 0 Å². The molecular weight excluding hydrogens is 228 g/mol. The van der Waals surface area contributed by atoms with Crippen molar-refractivity contribution >= 4 is 11.8 Å². The number of carbonyl (C=O) groups is 2. The molecule has 0 atom stereocenters. The maximum Gasteiger partial charge on any atom is 0.239 e. The molecule has 1 saturated carbocycles. The Bertz CT molecular complexity index is 273. The summed E-state index contributed by atoms with van der Waals surface area (Å²) < 4.78 is 0. The van der Waals surface area contributed by atoms with Gasteiger partial charge in [-0.3, -0.25) is 9.59 Å². The lowest BCUT2D eigenvalue weighted by Crippen LogP contribution is -2.43. The molecule has 0 bridgehead atoms. The number of nitrogens with zero attached hydrogens (tertiary/aromatic N) is 1. The number of hydrogen-bond donors (Lipinski definition) is 1. The van der Waals surface area contributed by atoms with Crippen LogP contribution in [0, 0.1) is 0 Å². The van der Waals surface area contributed by atoms with E-state index in [1.165, 1.54) is 19.8 Å². The smallest absolute Gasteiger partial charge is 0.239 e. The number of rotatable bonds is 7. The summed E-state index contributed by atoms with van der Waals surface area (Å²) in [5.41, 5.74) is 0. The predicted molar refractivity (Wildman–Crippen MR) is 72.2 cm³/mol. The maximum absolute atomic E-state index is 11.8. The molecule has 104 valence electrons. The van der Waals surface area contributed by atoms with Crippen LogP contribution in [0.3, 0.4) is 0 Å². The Labute approximate surface area is 110 Å². The van der Waals surface area contributed by atoms with Crippen molar-refractivity contribution in [2.45, 2.75) is 64.8 Å². The summed E-state index contributed by atoms with van der Waals surface area (Å²) in [5.74, 6) is -0.0127. The van der Waals surface area contributed by atoms with Crippen LogP contribution in [0.2, 0.25) is 0 Å². The van der Waals surface area contributed by atoms with Crippen molar-refractivity contribution in [1.29, 1.82) is 0 Å². The highest BCUT2D eigenvalue weighted by atomic mass is 16.2. The van der Waals surface area contributed by atoms with E-state index in [0.29, 0.717) is 12.6 Å². The zero-order chi connectivity index (χ0) is 13.4. The van der Waals surface area contributed by atoms with Crippen molar-refractivity contribution in [1.82, 2.24) is 10.2 Å². The van der Waals surface area contributed by atoms with E-state index in [1.54, 1.807) is 4.90 Å². The van der Waals surface area contributed by atoms with Gasteiger partial charge < -0.3 is 10.2 Å². The van der Waals surface area contributed by atoms with Crippen LogP contribution in [0.1, 0.15) is 58.8 Å². The average molecular weight is 254 g/mol. The Morgan fingerprint density at radius 3 is 2.44 bits per heavy atom. The van der Waals surface area contributed by atoms with Gasteiger partial charge in [0.15, 0.2) is 0 Å². The zero-order valence-corrected chi connectivity index (χ0v) is 11.7. The first-order valence-electron chi connectivity index (χ1n) is 7.18. The van der Waals surface area contributed by atoms with Crippen LogP contribution >= 0.6 is 0 Å². The third-order valence-corrected chi connectivity index (χ3v) is 3.53. The Morgan fingerprint density at radius 2 is 1.89 bits per heavy atom. The normalized spacial score (nSPS) is 15.7. The molecule has 0 aromatic rings. The molecule has 2 amide bonds. The van der Waals surface area contributed by atoms with Crippen LogP contribution in [-0.4, -0.2) is 35.8 Å². The molecule has 0 unspecified atom stereocenters. The van der Waals surface area contributed by atoms with Gasteiger partial charge in [-0.1, -0.05) is 32.6 Å². The molecule has 1 aliphatic carbocycles. The molecule has 0 aromatic heterocycles. The van der Waals surface area contributed by atoms with E-state index in [9.17, 15) is 9.59 Å². The molecule has 4 nitrogen and oxygen atoms in total. The molecule has 1 fully saturated rings. The Hall–Kier alpha value is -1.06. The largest absolute Gasteiger partial charge is 0.352 e. The summed E-state index contributed by atoms with van der Waals surface area (Å²) in [6, 6.07) is 0.335.